The van der Waals surface area contributed by atoms with Gasteiger partial charge < -0.3 is 35.0 Å². The molecule has 4 N–H and O–H groups in total. The fourth-order valence-electron chi connectivity index (χ4n) is 3.30. The number of carbonyl (C=O) groups is 3. The van der Waals surface area contributed by atoms with E-state index in [1.807, 2.05) is 20.8 Å². The topological polar surface area (TPSA) is 146 Å². The zero-order chi connectivity index (χ0) is 24.5. The maximum absolute atomic E-state index is 12.8. The number of ether oxygens (including phenoxy) is 2. The van der Waals surface area contributed by atoms with Gasteiger partial charge in [0.2, 0.25) is 5.91 Å². The lowest BCUT2D eigenvalue weighted by molar-refractivity contribution is -0.153. The number of aliphatic hydroxyl groups excluding tert-OH is 3. The molecule has 1 aliphatic heterocycles. The van der Waals surface area contributed by atoms with Gasteiger partial charge in [-0.05, 0) is 31.6 Å². The Bertz CT molecular complexity index is 661. The monoisotopic (exact) mass is 458 g/mol. The highest BCUT2D eigenvalue weighted by atomic mass is 16.5. The number of nitrogens with zero attached hydrogens (tertiary/aromatic N) is 1. The van der Waals surface area contributed by atoms with E-state index < -0.39 is 48.2 Å². The highest BCUT2D eigenvalue weighted by Crippen LogP contribution is 2.18. The van der Waals surface area contributed by atoms with Crippen molar-refractivity contribution in [2.75, 3.05) is 26.8 Å². The molecule has 0 unspecified atom stereocenters. The molecule has 0 bridgehead atoms. The summed E-state index contributed by atoms with van der Waals surface area (Å²) in [4.78, 5) is 38.7. The number of nitrogens with one attached hydrogen (secondary N) is 1. The predicted molar refractivity (Wildman–Crippen MR) is 116 cm³/mol. The van der Waals surface area contributed by atoms with Crippen molar-refractivity contribution in [1.82, 2.24) is 10.2 Å². The maximum Gasteiger partial charge on any atom is 0.325 e. The third-order valence-corrected chi connectivity index (χ3v) is 5.04. The molecule has 184 valence electrons. The van der Waals surface area contributed by atoms with Gasteiger partial charge >= 0.3 is 5.97 Å². The molecular formula is C22H38N2O8. The van der Waals surface area contributed by atoms with Crippen molar-refractivity contribution in [2.45, 2.75) is 77.4 Å². The quantitative estimate of drug-likeness (QED) is 0.259. The van der Waals surface area contributed by atoms with Crippen LogP contribution in [0.5, 0.6) is 0 Å². The second kappa shape index (κ2) is 12.9. The van der Waals surface area contributed by atoms with Gasteiger partial charge in [-0.3, -0.25) is 14.4 Å². The Hall–Kier alpha value is -2.01. The number of likely N-dealkylation sites (tertiary alicyclic amines) is 1. The number of hydrogen-bond donors (Lipinski definition) is 4. The Kier molecular flexibility index (Phi) is 11.3. The maximum atomic E-state index is 12.8. The zero-order valence-corrected chi connectivity index (χ0v) is 19.6. The van der Waals surface area contributed by atoms with Gasteiger partial charge in [0.1, 0.15) is 30.9 Å². The average molecular weight is 459 g/mol. The molecule has 0 saturated carbocycles. The molecule has 1 heterocycles. The van der Waals surface area contributed by atoms with Crippen molar-refractivity contribution in [3.05, 3.63) is 12.2 Å². The van der Waals surface area contributed by atoms with Crippen LogP contribution in [0.2, 0.25) is 0 Å². The summed E-state index contributed by atoms with van der Waals surface area (Å²) in [5, 5.41) is 33.4. The van der Waals surface area contributed by atoms with Crippen molar-refractivity contribution in [1.29, 1.82) is 0 Å². The summed E-state index contributed by atoms with van der Waals surface area (Å²) in [6.45, 7) is 7.74. The molecular weight excluding hydrogens is 420 g/mol. The van der Waals surface area contributed by atoms with E-state index in [2.05, 4.69) is 5.32 Å². The number of aliphatic hydroxyl groups is 3. The van der Waals surface area contributed by atoms with Crippen LogP contribution in [0.25, 0.3) is 0 Å². The number of allylic oxidation sites excluding steroid dienone is 1. The largest absolute Gasteiger partial charge is 0.465 e. The van der Waals surface area contributed by atoms with Crippen molar-refractivity contribution in [3.8, 4) is 0 Å². The van der Waals surface area contributed by atoms with E-state index in [0.717, 1.165) is 0 Å². The molecule has 10 heteroatoms. The van der Waals surface area contributed by atoms with E-state index in [0.29, 0.717) is 25.8 Å². The second-order valence-electron chi connectivity index (χ2n) is 8.97. The van der Waals surface area contributed by atoms with Gasteiger partial charge in [-0.1, -0.05) is 32.9 Å². The third kappa shape index (κ3) is 8.85. The Morgan fingerprint density at radius 3 is 2.44 bits per heavy atom. The number of hydrogen-bond acceptors (Lipinski definition) is 8. The zero-order valence-electron chi connectivity index (χ0n) is 19.6. The van der Waals surface area contributed by atoms with Crippen LogP contribution in [0.1, 0.15) is 47.0 Å². The summed E-state index contributed by atoms with van der Waals surface area (Å²) in [6, 6.07) is -0.910. The van der Waals surface area contributed by atoms with Gasteiger partial charge in [0.25, 0.3) is 5.91 Å². The van der Waals surface area contributed by atoms with Gasteiger partial charge in [-0.25, -0.2) is 0 Å². The molecule has 0 aromatic heterocycles. The molecule has 0 aliphatic carbocycles. The minimum absolute atomic E-state index is 0.202. The van der Waals surface area contributed by atoms with Crippen LogP contribution in [0.4, 0.5) is 0 Å². The second-order valence-corrected chi connectivity index (χ2v) is 8.97. The third-order valence-electron chi connectivity index (χ3n) is 5.04. The van der Waals surface area contributed by atoms with E-state index in [4.69, 9.17) is 9.47 Å². The van der Waals surface area contributed by atoms with Crippen LogP contribution in [0.15, 0.2) is 12.2 Å². The molecule has 1 saturated heterocycles. The fraction of sp³-hybridized carbons (Fsp3) is 0.773. The molecule has 1 aliphatic rings. The minimum atomic E-state index is -1.74. The lowest BCUT2D eigenvalue weighted by atomic mass is 9.94. The highest BCUT2D eigenvalue weighted by molar-refractivity contribution is 5.91. The summed E-state index contributed by atoms with van der Waals surface area (Å²) in [5.74, 6) is -1.76. The smallest absolute Gasteiger partial charge is 0.325 e. The lowest BCUT2D eigenvalue weighted by Gasteiger charge is -2.29. The van der Waals surface area contributed by atoms with Crippen LogP contribution in [-0.2, 0) is 23.9 Å². The Morgan fingerprint density at radius 1 is 1.22 bits per heavy atom. The summed E-state index contributed by atoms with van der Waals surface area (Å²) >= 11 is 0. The van der Waals surface area contributed by atoms with E-state index >= 15 is 0 Å². The normalized spacial score (nSPS) is 21.6. The van der Waals surface area contributed by atoms with Gasteiger partial charge in [0, 0.05) is 13.7 Å². The van der Waals surface area contributed by atoms with Crippen molar-refractivity contribution >= 4 is 17.8 Å². The molecule has 1 rings (SSSR count). The Balaban J connectivity index is 2.84. The van der Waals surface area contributed by atoms with Crippen LogP contribution >= 0.6 is 0 Å². The molecule has 1 fully saturated rings. The average Bonchev–Trinajstić information content (AvgIpc) is 2.87. The van der Waals surface area contributed by atoms with Crippen LogP contribution in [0, 0.1) is 5.41 Å². The van der Waals surface area contributed by atoms with Crippen molar-refractivity contribution in [3.63, 3.8) is 0 Å². The molecule has 5 atom stereocenters. The number of esters is 1. The van der Waals surface area contributed by atoms with Crippen LogP contribution in [0.3, 0.4) is 0 Å². The number of amides is 2. The van der Waals surface area contributed by atoms with Gasteiger partial charge in [0.05, 0.1) is 6.61 Å². The van der Waals surface area contributed by atoms with Crippen molar-refractivity contribution < 1.29 is 39.2 Å². The Labute approximate surface area is 189 Å². The predicted octanol–water partition coefficient (Wildman–Crippen LogP) is -0.253. The van der Waals surface area contributed by atoms with Crippen molar-refractivity contribution in [2.24, 2.45) is 5.41 Å². The molecule has 0 spiro atoms. The number of methoxy groups -OCH3 is 1. The number of rotatable bonds is 10. The van der Waals surface area contributed by atoms with E-state index in [9.17, 15) is 29.7 Å². The molecule has 0 aromatic rings. The molecule has 0 radical (unpaired) electrons. The fourth-order valence-corrected chi connectivity index (χ4v) is 3.30. The van der Waals surface area contributed by atoms with Gasteiger partial charge in [0.15, 0.2) is 6.10 Å². The minimum Gasteiger partial charge on any atom is -0.465 e. The highest BCUT2D eigenvalue weighted by Gasteiger charge is 2.38. The van der Waals surface area contributed by atoms with E-state index in [1.54, 1.807) is 13.0 Å². The van der Waals surface area contributed by atoms with Crippen LogP contribution < -0.4 is 5.32 Å². The first kappa shape index (κ1) is 28.0. The molecule has 10 nitrogen and oxygen atoms in total. The summed E-state index contributed by atoms with van der Waals surface area (Å²) in [5.41, 5.74) is -0.251. The first-order valence-electron chi connectivity index (χ1n) is 10.9. The molecule has 2 amide bonds. The van der Waals surface area contributed by atoms with E-state index in [1.165, 1.54) is 18.1 Å². The first-order valence-corrected chi connectivity index (χ1v) is 10.9. The summed E-state index contributed by atoms with van der Waals surface area (Å²) < 4.78 is 9.96. The molecule has 0 aromatic carbocycles. The SMILES string of the molecule is CCOC(=O)CN1CCCC[C@H](NC(=O)[C@H](OC)[C@H](O)[C@@H](O)[C@H](O)/C=C/C(C)(C)C)C1=O. The standard InChI is InChI=1S/C22H38N2O8/c1-6-32-16(26)13-24-12-8-7-9-14(21(24)30)23-20(29)19(31-5)18(28)17(27)15(25)10-11-22(2,3)4/h10-11,14-15,17-19,25,27-28H,6-9,12-13H2,1-5H3,(H,23,29)/b11-10+/t14-,15+,17-,18+,19+/m0/s1. The number of carbonyl (C=O) groups excluding carboxylic acids is 3. The molecule has 32 heavy (non-hydrogen) atoms. The summed E-state index contributed by atoms with van der Waals surface area (Å²) in [6.07, 6.45) is -1.67. The summed E-state index contributed by atoms with van der Waals surface area (Å²) in [7, 11) is 1.18. The Morgan fingerprint density at radius 2 is 1.88 bits per heavy atom. The van der Waals surface area contributed by atoms with Gasteiger partial charge in [-0.2, -0.15) is 0 Å². The lowest BCUT2D eigenvalue weighted by Crippen LogP contribution is -2.56. The van der Waals surface area contributed by atoms with Crippen LogP contribution in [-0.4, -0.2) is 95.3 Å². The first-order chi connectivity index (χ1) is 14.9. The van der Waals surface area contributed by atoms with Gasteiger partial charge in [-0.15, -0.1) is 0 Å². The van der Waals surface area contributed by atoms with E-state index in [-0.39, 0.29) is 18.6 Å².